The third-order valence-electron chi connectivity index (χ3n) is 3.47. The van der Waals surface area contributed by atoms with Crippen LogP contribution in [0.3, 0.4) is 0 Å². The number of ether oxygens (including phenoxy) is 1. The van der Waals surface area contributed by atoms with Crippen LogP contribution in [0.4, 0.5) is 0 Å². The van der Waals surface area contributed by atoms with Crippen molar-refractivity contribution in [2.45, 2.75) is 6.54 Å². The average molecular weight is 292 g/mol. The Bertz CT molecular complexity index is 458. The van der Waals surface area contributed by atoms with Crippen molar-refractivity contribution in [3.63, 3.8) is 0 Å². The highest BCUT2D eigenvalue weighted by molar-refractivity contribution is 6.35. The lowest BCUT2D eigenvalue weighted by atomic mass is 10.2. The van der Waals surface area contributed by atoms with Crippen molar-refractivity contribution in [1.82, 2.24) is 10.6 Å². The molecule has 1 aliphatic heterocycles. The van der Waals surface area contributed by atoms with E-state index in [9.17, 15) is 9.59 Å². The van der Waals surface area contributed by atoms with Crippen LogP contribution in [-0.4, -0.2) is 51.2 Å². The first kappa shape index (κ1) is 15.5. The Kier molecular flexibility index (Phi) is 6.18. The molecular formula is C15H22N3O3+. The third-order valence-corrected chi connectivity index (χ3v) is 3.47. The van der Waals surface area contributed by atoms with Gasteiger partial charge in [-0.1, -0.05) is 30.3 Å². The number of morpholine rings is 1. The van der Waals surface area contributed by atoms with Crippen molar-refractivity contribution in [2.75, 3.05) is 39.4 Å². The molecule has 1 aromatic rings. The van der Waals surface area contributed by atoms with E-state index in [1.165, 1.54) is 4.90 Å². The van der Waals surface area contributed by atoms with Gasteiger partial charge in [0.15, 0.2) is 0 Å². The summed E-state index contributed by atoms with van der Waals surface area (Å²) in [4.78, 5) is 24.7. The Morgan fingerprint density at radius 2 is 1.71 bits per heavy atom. The van der Waals surface area contributed by atoms with Gasteiger partial charge in [-0.25, -0.2) is 0 Å². The number of hydrogen-bond acceptors (Lipinski definition) is 3. The van der Waals surface area contributed by atoms with Crippen LogP contribution in [0.15, 0.2) is 30.3 Å². The smallest absolute Gasteiger partial charge is 0.309 e. The van der Waals surface area contributed by atoms with Gasteiger partial charge in [0, 0.05) is 6.54 Å². The zero-order valence-corrected chi connectivity index (χ0v) is 12.1. The predicted octanol–water partition coefficient (Wildman–Crippen LogP) is -1.67. The Labute approximate surface area is 124 Å². The van der Waals surface area contributed by atoms with Gasteiger partial charge in [-0.05, 0) is 5.56 Å². The van der Waals surface area contributed by atoms with Crippen LogP contribution in [0.25, 0.3) is 0 Å². The lowest BCUT2D eigenvalue weighted by Gasteiger charge is -2.23. The Morgan fingerprint density at radius 1 is 1.05 bits per heavy atom. The van der Waals surface area contributed by atoms with Crippen LogP contribution in [0.1, 0.15) is 5.56 Å². The van der Waals surface area contributed by atoms with Gasteiger partial charge < -0.3 is 20.3 Å². The van der Waals surface area contributed by atoms with Crippen molar-refractivity contribution in [2.24, 2.45) is 0 Å². The van der Waals surface area contributed by atoms with Crippen molar-refractivity contribution in [3.8, 4) is 0 Å². The number of quaternary nitrogens is 1. The number of carbonyl (C=O) groups excluding carboxylic acids is 2. The zero-order valence-electron chi connectivity index (χ0n) is 12.1. The van der Waals surface area contributed by atoms with E-state index in [0.29, 0.717) is 13.1 Å². The second-order valence-corrected chi connectivity index (χ2v) is 5.04. The summed E-state index contributed by atoms with van der Waals surface area (Å²) in [6, 6.07) is 9.51. The van der Waals surface area contributed by atoms with Gasteiger partial charge in [0.25, 0.3) is 0 Å². The van der Waals surface area contributed by atoms with Crippen LogP contribution in [0.2, 0.25) is 0 Å². The second-order valence-electron chi connectivity index (χ2n) is 5.04. The molecule has 6 heteroatoms. The molecule has 1 aliphatic rings. The van der Waals surface area contributed by atoms with Gasteiger partial charge in [0.2, 0.25) is 0 Å². The van der Waals surface area contributed by atoms with Gasteiger partial charge in [0.05, 0.1) is 26.3 Å². The topological polar surface area (TPSA) is 71.9 Å². The summed E-state index contributed by atoms with van der Waals surface area (Å²) < 4.78 is 5.27. The molecule has 0 aliphatic carbocycles. The molecule has 114 valence electrons. The van der Waals surface area contributed by atoms with Crippen molar-refractivity contribution < 1.29 is 19.2 Å². The molecule has 1 heterocycles. The maximum atomic E-state index is 11.6. The average Bonchev–Trinajstić information content (AvgIpc) is 2.54. The molecule has 0 aromatic heterocycles. The van der Waals surface area contributed by atoms with Gasteiger partial charge in [-0.15, -0.1) is 0 Å². The fourth-order valence-corrected chi connectivity index (χ4v) is 2.20. The molecule has 1 saturated heterocycles. The molecule has 2 amide bonds. The maximum absolute atomic E-state index is 11.6. The number of hydrogen-bond donors (Lipinski definition) is 3. The van der Waals surface area contributed by atoms with E-state index in [-0.39, 0.29) is 0 Å². The van der Waals surface area contributed by atoms with Crippen LogP contribution in [-0.2, 0) is 20.9 Å². The van der Waals surface area contributed by atoms with Crippen LogP contribution < -0.4 is 15.5 Å². The van der Waals surface area contributed by atoms with E-state index in [0.717, 1.165) is 38.4 Å². The van der Waals surface area contributed by atoms with Gasteiger partial charge >= 0.3 is 11.8 Å². The molecule has 0 spiro atoms. The first-order chi connectivity index (χ1) is 10.3. The molecule has 1 aromatic carbocycles. The monoisotopic (exact) mass is 292 g/mol. The molecule has 0 atom stereocenters. The van der Waals surface area contributed by atoms with Crippen molar-refractivity contribution >= 4 is 11.8 Å². The highest BCUT2D eigenvalue weighted by atomic mass is 16.5. The summed E-state index contributed by atoms with van der Waals surface area (Å²) in [7, 11) is 0. The minimum atomic E-state index is -0.587. The normalized spacial score (nSPS) is 15.4. The van der Waals surface area contributed by atoms with Crippen LogP contribution in [0, 0.1) is 0 Å². The number of nitrogens with one attached hydrogen (secondary N) is 3. The Hall–Kier alpha value is -1.92. The standard InChI is InChI=1S/C15H21N3O3/c19-14(16-6-7-18-8-10-21-11-9-18)15(20)17-12-13-4-2-1-3-5-13/h1-5H,6-12H2,(H,16,19)(H,17,20)/p+1. The van der Waals surface area contributed by atoms with Crippen molar-refractivity contribution in [1.29, 1.82) is 0 Å². The lowest BCUT2D eigenvalue weighted by molar-refractivity contribution is -0.906. The van der Waals surface area contributed by atoms with Gasteiger partial charge in [-0.2, -0.15) is 0 Å². The van der Waals surface area contributed by atoms with E-state index in [4.69, 9.17) is 4.74 Å². The van der Waals surface area contributed by atoms with E-state index in [1.54, 1.807) is 0 Å². The molecule has 2 rings (SSSR count). The molecule has 0 unspecified atom stereocenters. The highest BCUT2D eigenvalue weighted by Crippen LogP contribution is 1.96. The summed E-state index contributed by atoms with van der Waals surface area (Å²) in [6.07, 6.45) is 0. The molecule has 21 heavy (non-hydrogen) atoms. The third kappa shape index (κ3) is 5.53. The summed E-state index contributed by atoms with van der Waals surface area (Å²) in [5.41, 5.74) is 0.969. The van der Waals surface area contributed by atoms with Gasteiger partial charge in [-0.3, -0.25) is 9.59 Å². The van der Waals surface area contributed by atoms with Crippen molar-refractivity contribution in [3.05, 3.63) is 35.9 Å². The molecule has 0 saturated carbocycles. The minimum Gasteiger partial charge on any atom is -0.370 e. The lowest BCUT2D eigenvalue weighted by Crippen LogP contribution is -3.14. The number of rotatable bonds is 5. The van der Waals surface area contributed by atoms with E-state index in [2.05, 4.69) is 10.6 Å². The fourth-order valence-electron chi connectivity index (χ4n) is 2.20. The largest absolute Gasteiger partial charge is 0.370 e. The summed E-state index contributed by atoms with van der Waals surface area (Å²) in [6.45, 7) is 5.13. The molecule has 0 radical (unpaired) electrons. The molecular weight excluding hydrogens is 270 g/mol. The Balaban J connectivity index is 1.62. The highest BCUT2D eigenvalue weighted by Gasteiger charge is 2.16. The first-order valence-electron chi connectivity index (χ1n) is 7.27. The number of carbonyl (C=O) groups is 2. The number of benzene rings is 1. The van der Waals surface area contributed by atoms with E-state index >= 15 is 0 Å². The fraction of sp³-hybridized carbons (Fsp3) is 0.467. The Morgan fingerprint density at radius 3 is 2.43 bits per heavy atom. The quantitative estimate of drug-likeness (QED) is 0.569. The molecule has 3 N–H and O–H groups in total. The first-order valence-corrected chi connectivity index (χ1v) is 7.27. The van der Waals surface area contributed by atoms with E-state index < -0.39 is 11.8 Å². The number of amides is 2. The van der Waals surface area contributed by atoms with Gasteiger partial charge in [0.1, 0.15) is 13.1 Å². The second kappa shape index (κ2) is 8.39. The summed E-state index contributed by atoms with van der Waals surface area (Å²) >= 11 is 0. The maximum Gasteiger partial charge on any atom is 0.309 e. The zero-order chi connectivity index (χ0) is 14.9. The summed E-state index contributed by atoms with van der Waals surface area (Å²) in [5, 5.41) is 5.26. The molecule has 6 nitrogen and oxygen atoms in total. The molecule has 1 fully saturated rings. The molecule has 0 bridgehead atoms. The van der Waals surface area contributed by atoms with Crippen LogP contribution in [0.5, 0.6) is 0 Å². The van der Waals surface area contributed by atoms with E-state index in [1.807, 2.05) is 30.3 Å². The van der Waals surface area contributed by atoms with Crippen LogP contribution >= 0.6 is 0 Å². The summed E-state index contributed by atoms with van der Waals surface area (Å²) in [5.74, 6) is -1.16. The minimum absolute atomic E-state index is 0.363. The SMILES string of the molecule is O=C(NCC[NH+]1CCOCC1)C(=O)NCc1ccccc1. The predicted molar refractivity (Wildman–Crippen MR) is 77.7 cm³/mol.